The first-order chi connectivity index (χ1) is 7.81. The molecular weight excluding hydrogens is 242 g/mol. The van der Waals surface area contributed by atoms with Gasteiger partial charge in [0.15, 0.2) is 0 Å². The van der Waals surface area contributed by atoms with Gasteiger partial charge < -0.3 is 4.90 Å². The first kappa shape index (κ1) is 14.2. The molecule has 0 bridgehead atoms. The second-order valence-electron chi connectivity index (χ2n) is 5.03. The van der Waals surface area contributed by atoms with Crippen LogP contribution < -0.4 is 0 Å². The van der Waals surface area contributed by atoms with Crippen LogP contribution in [0.3, 0.4) is 0 Å². The number of ketones is 1. The predicted molar refractivity (Wildman–Crippen MR) is 64.7 cm³/mol. The van der Waals surface area contributed by atoms with E-state index in [1.807, 2.05) is 6.92 Å². The van der Waals surface area contributed by atoms with Crippen molar-refractivity contribution in [3.05, 3.63) is 0 Å². The van der Waals surface area contributed by atoms with Crippen LogP contribution in [0.25, 0.3) is 0 Å². The van der Waals surface area contributed by atoms with Crippen molar-refractivity contribution in [3.8, 4) is 0 Å². The second-order valence-corrected chi connectivity index (χ2v) is 5.40. The third-order valence-corrected chi connectivity index (χ3v) is 3.72. The minimum Gasteiger partial charge on any atom is -0.325 e. The van der Waals surface area contributed by atoms with E-state index in [-0.39, 0.29) is 0 Å². The molecule has 0 aromatic heterocycles. The molecule has 1 aliphatic heterocycles. The molecule has 1 atom stereocenters. The molecular formula is C12H18ClNO3. The van der Waals surface area contributed by atoms with Gasteiger partial charge in [-0.3, -0.25) is 14.4 Å². The smallest absolute Gasteiger partial charge is 0.291 e. The zero-order chi connectivity index (χ0) is 13.2. The minimum absolute atomic E-state index is 0.438. The highest BCUT2D eigenvalue weighted by Crippen LogP contribution is 2.26. The molecule has 96 valence electrons. The van der Waals surface area contributed by atoms with Crippen molar-refractivity contribution in [2.45, 2.75) is 46.1 Å². The maximum atomic E-state index is 12.0. The Balaban J connectivity index is 2.83. The Morgan fingerprint density at radius 3 is 2.41 bits per heavy atom. The van der Waals surface area contributed by atoms with Crippen LogP contribution in [0.1, 0.15) is 40.0 Å². The largest absolute Gasteiger partial charge is 0.325 e. The molecule has 0 aromatic carbocycles. The molecule has 1 aliphatic rings. The number of carbonyl (C=O) groups is 3. The Morgan fingerprint density at radius 2 is 1.94 bits per heavy atom. The Bertz CT molecular complexity index is 352. The molecule has 0 radical (unpaired) electrons. The molecule has 0 N–H and O–H groups in total. The molecule has 0 spiro atoms. The molecule has 1 saturated heterocycles. The van der Waals surface area contributed by atoms with Crippen molar-refractivity contribution < 1.29 is 14.4 Å². The normalized spacial score (nSPS) is 20.5. The molecule has 1 fully saturated rings. The molecule has 1 unspecified atom stereocenters. The van der Waals surface area contributed by atoms with Crippen LogP contribution in [-0.4, -0.2) is 34.4 Å². The number of rotatable bonds is 4. The fraction of sp³-hybridized carbons (Fsp3) is 0.750. The summed E-state index contributed by atoms with van der Waals surface area (Å²) in [5, 5.41) is -0.557. The highest BCUT2D eigenvalue weighted by molar-refractivity contribution is 6.65. The summed E-state index contributed by atoms with van der Waals surface area (Å²) in [6, 6.07) is -0.624. The lowest BCUT2D eigenvalue weighted by atomic mass is 9.84. The van der Waals surface area contributed by atoms with Gasteiger partial charge in [0.1, 0.15) is 6.04 Å². The summed E-state index contributed by atoms with van der Waals surface area (Å²) >= 11 is 5.43. The summed E-state index contributed by atoms with van der Waals surface area (Å²) in [7, 11) is 0. The first-order valence-corrected chi connectivity index (χ1v) is 6.23. The molecule has 4 nitrogen and oxygen atoms in total. The zero-order valence-corrected chi connectivity index (χ0v) is 11.2. The molecule has 0 saturated carbocycles. The van der Waals surface area contributed by atoms with E-state index in [2.05, 4.69) is 0 Å². The lowest BCUT2D eigenvalue weighted by Crippen LogP contribution is -2.46. The molecule has 1 heterocycles. The second kappa shape index (κ2) is 5.17. The number of Topliss-reactive ketones (excluding diaryl/α,β-unsaturated/α-hetero) is 1. The molecule has 0 aliphatic carbocycles. The monoisotopic (exact) mass is 259 g/mol. The van der Waals surface area contributed by atoms with Crippen molar-refractivity contribution in [2.75, 3.05) is 6.54 Å². The van der Waals surface area contributed by atoms with Gasteiger partial charge in [-0.25, -0.2) is 0 Å². The number of amides is 1. The maximum Gasteiger partial charge on any atom is 0.291 e. The van der Waals surface area contributed by atoms with Crippen LogP contribution in [-0.2, 0) is 14.4 Å². The average molecular weight is 260 g/mol. The van der Waals surface area contributed by atoms with E-state index < -0.39 is 28.4 Å². The van der Waals surface area contributed by atoms with Crippen molar-refractivity contribution in [2.24, 2.45) is 5.41 Å². The minimum atomic E-state index is -0.681. The molecule has 5 heteroatoms. The van der Waals surface area contributed by atoms with Crippen LogP contribution >= 0.6 is 11.6 Å². The SMILES string of the molecule is CCC(C)(C)C(=O)C(=O)N1CCCC1C(=O)Cl. The number of halogens is 1. The van der Waals surface area contributed by atoms with Gasteiger partial charge >= 0.3 is 0 Å². The van der Waals surface area contributed by atoms with E-state index in [1.54, 1.807) is 13.8 Å². The van der Waals surface area contributed by atoms with E-state index in [0.717, 1.165) is 0 Å². The van der Waals surface area contributed by atoms with Gasteiger partial charge in [-0.05, 0) is 30.9 Å². The number of carbonyl (C=O) groups excluding carboxylic acids is 3. The third-order valence-electron chi connectivity index (χ3n) is 3.47. The Morgan fingerprint density at radius 1 is 1.35 bits per heavy atom. The fourth-order valence-corrected chi connectivity index (χ4v) is 2.05. The average Bonchev–Trinajstić information content (AvgIpc) is 2.75. The van der Waals surface area contributed by atoms with Gasteiger partial charge in [0.05, 0.1) is 0 Å². The van der Waals surface area contributed by atoms with Gasteiger partial charge in [-0.1, -0.05) is 20.8 Å². The van der Waals surface area contributed by atoms with Gasteiger partial charge in [0, 0.05) is 12.0 Å². The van der Waals surface area contributed by atoms with Crippen molar-refractivity contribution in [1.82, 2.24) is 4.90 Å². The summed E-state index contributed by atoms with van der Waals surface area (Å²) < 4.78 is 0. The van der Waals surface area contributed by atoms with Crippen LogP contribution in [0.15, 0.2) is 0 Å². The van der Waals surface area contributed by atoms with Gasteiger partial charge in [-0.15, -0.1) is 0 Å². The number of likely N-dealkylation sites (tertiary alicyclic amines) is 1. The van der Waals surface area contributed by atoms with E-state index in [0.29, 0.717) is 25.8 Å². The summed E-state index contributed by atoms with van der Waals surface area (Å²) in [6.45, 7) is 5.77. The van der Waals surface area contributed by atoms with Crippen molar-refractivity contribution in [3.63, 3.8) is 0 Å². The van der Waals surface area contributed by atoms with E-state index in [9.17, 15) is 14.4 Å². The van der Waals surface area contributed by atoms with Gasteiger partial charge in [0.2, 0.25) is 11.0 Å². The first-order valence-electron chi connectivity index (χ1n) is 5.86. The molecule has 1 amide bonds. The number of nitrogens with zero attached hydrogens (tertiary/aromatic N) is 1. The fourth-order valence-electron chi connectivity index (χ4n) is 1.83. The Hall–Kier alpha value is -0.900. The maximum absolute atomic E-state index is 12.0. The molecule has 0 aromatic rings. The van der Waals surface area contributed by atoms with Gasteiger partial charge in [0.25, 0.3) is 5.91 Å². The van der Waals surface area contributed by atoms with Crippen LogP contribution in [0.2, 0.25) is 0 Å². The summed E-state index contributed by atoms with van der Waals surface area (Å²) in [5.41, 5.74) is -0.681. The van der Waals surface area contributed by atoms with E-state index >= 15 is 0 Å². The lowest BCUT2D eigenvalue weighted by molar-refractivity contribution is -0.150. The quantitative estimate of drug-likeness (QED) is 0.571. The van der Waals surface area contributed by atoms with Crippen LogP contribution in [0.4, 0.5) is 0 Å². The number of hydrogen-bond acceptors (Lipinski definition) is 3. The third kappa shape index (κ3) is 2.86. The summed E-state index contributed by atoms with van der Waals surface area (Å²) in [6.07, 6.45) is 1.85. The predicted octanol–water partition coefficient (Wildman–Crippen LogP) is 1.75. The highest BCUT2D eigenvalue weighted by Gasteiger charge is 2.40. The lowest BCUT2D eigenvalue weighted by Gasteiger charge is -2.26. The van der Waals surface area contributed by atoms with E-state index in [4.69, 9.17) is 11.6 Å². The molecule has 1 rings (SSSR count). The zero-order valence-electron chi connectivity index (χ0n) is 10.5. The Kier molecular flexibility index (Phi) is 4.31. The van der Waals surface area contributed by atoms with Crippen molar-refractivity contribution in [1.29, 1.82) is 0 Å². The standard InChI is InChI=1S/C12H18ClNO3/c1-4-12(2,3)9(15)11(17)14-7-5-6-8(14)10(13)16/h8H,4-7H2,1-3H3. The number of hydrogen-bond donors (Lipinski definition) is 0. The topological polar surface area (TPSA) is 54.5 Å². The van der Waals surface area contributed by atoms with Crippen LogP contribution in [0, 0.1) is 5.41 Å². The molecule has 17 heavy (non-hydrogen) atoms. The van der Waals surface area contributed by atoms with Gasteiger partial charge in [-0.2, -0.15) is 0 Å². The summed E-state index contributed by atoms with van der Waals surface area (Å²) in [4.78, 5) is 36.5. The van der Waals surface area contributed by atoms with E-state index in [1.165, 1.54) is 4.90 Å². The van der Waals surface area contributed by atoms with Crippen molar-refractivity contribution >= 4 is 28.5 Å². The summed E-state index contributed by atoms with van der Waals surface area (Å²) in [5.74, 6) is -1.02. The van der Waals surface area contributed by atoms with Crippen LogP contribution in [0.5, 0.6) is 0 Å². The Labute approximate surface area is 106 Å². The highest BCUT2D eigenvalue weighted by atomic mass is 35.5.